The van der Waals surface area contributed by atoms with Gasteiger partial charge in [-0.05, 0) is 65.4 Å². The van der Waals surface area contributed by atoms with Crippen molar-refractivity contribution in [2.24, 2.45) is 0 Å². The molecule has 0 bridgehead atoms. The van der Waals surface area contributed by atoms with Crippen molar-refractivity contribution in [2.45, 2.75) is 38.8 Å². The van der Waals surface area contributed by atoms with Crippen molar-refractivity contribution in [3.63, 3.8) is 0 Å². The van der Waals surface area contributed by atoms with Crippen LogP contribution in [0.25, 0.3) is 0 Å². The first-order valence-corrected chi connectivity index (χ1v) is 9.00. The first kappa shape index (κ1) is 16.2. The number of nitrogens with one attached hydrogen (secondary N) is 1. The van der Waals surface area contributed by atoms with Gasteiger partial charge >= 0.3 is 0 Å². The van der Waals surface area contributed by atoms with Crippen LogP contribution in [0, 0.1) is 20.8 Å². The maximum Gasteiger partial charge on any atom is 0.241 e. The minimum absolute atomic E-state index is 0.173. The fourth-order valence-electron chi connectivity index (χ4n) is 2.09. The summed E-state index contributed by atoms with van der Waals surface area (Å²) in [4.78, 5) is 0.236. The van der Waals surface area contributed by atoms with Crippen molar-refractivity contribution in [2.75, 3.05) is 0 Å². The predicted molar refractivity (Wildman–Crippen MR) is 84.9 cm³/mol. The Morgan fingerprint density at radius 1 is 1.14 bits per heavy atom. The molecule has 4 nitrogen and oxygen atoms in total. The van der Waals surface area contributed by atoms with Crippen LogP contribution < -0.4 is 4.72 Å². The molecule has 0 aliphatic heterocycles. The van der Waals surface area contributed by atoms with Crippen LogP contribution in [-0.2, 0) is 23.2 Å². The number of thiophene rings is 1. The van der Waals surface area contributed by atoms with Crippen molar-refractivity contribution in [3.05, 3.63) is 50.7 Å². The Morgan fingerprint density at radius 2 is 1.86 bits per heavy atom. The molecular formula is C15H19NO3S2. The Morgan fingerprint density at radius 3 is 2.43 bits per heavy atom. The number of hydrogen-bond donors (Lipinski definition) is 2. The molecule has 0 fully saturated rings. The lowest BCUT2D eigenvalue weighted by Crippen LogP contribution is -2.24. The van der Waals surface area contributed by atoms with Gasteiger partial charge in [0.1, 0.15) is 0 Å². The second kappa shape index (κ2) is 6.27. The zero-order valence-corrected chi connectivity index (χ0v) is 13.9. The molecule has 6 heteroatoms. The summed E-state index contributed by atoms with van der Waals surface area (Å²) in [5, 5.41) is 13.2. The number of rotatable bonds is 5. The van der Waals surface area contributed by atoms with Crippen LogP contribution in [-0.4, -0.2) is 13.5 Å². The van der Waals surface area contributed by atoms with E-state index in [4.69, 9.17) is 0 Å². The highest BCUT2D eigenvalue weighted by molar-refractivity contribution is 7.89. The van der Waals surface area contributed by atoms with Gasteiger partial charge in [0.05, 0.1) is 11.5 Å². The van der Waals surface area contributed by atoms with E-state index in [1.54, 1.807) is 24.3 Å². The number of aliphatic hydroxyl groups excluding tert-OH is 1. The first-order valence-electron chi connectivity index (χ1n) is 6.57. The highest BCUT2D eigenvalue weighted by Gasteiger charge is 2.19. The zero-order chi connectivity index (χ0) is 15.6. The standard InChI is InChI=1S/C15H19NO3S2/c1-10-4-13(7-17)5-15(12(10)3)21(18,19)16-6-14-9-20-8-11(14)2/h4-5,8-9,16-17H,6-7H2,1-3H3. The van der Waals surface area contributed by atoms with Gasteiger partial charge in [-0.1, -0.05) is 6.07 Å². The fourth-order valence-corrected chi connectivity index (χ4v) is 4.32. The van der Waals surface area contributed by atoms with E-state index < -0.39 is 10.0 Å². The molecule has 0 saturated carbocycles. The van der Waals surface area contributed by atoms with Gasteiger partial charge in [0.25, 0.3) is 0 Å². The van der Waals surface area contributed by atoms with E-state index in [-0.39, 0.29) is 18.0 Å². The predicted octanol–water partition coefficient (Wildman–Crippen LogP) is 2.64. The summed E-state index contributed by atoms with van der Waals surface area (Å²) < 4.78 is 27.6. The molecule has 2 N–H and O–H groups in total. The molecule has 21 heavy (non-hydrogen) atoms. The van der Waals surface area contributed by atoms with Crippen LogP contribution in [0.15, 0.2) is 27.8 Å². The lowest BCUT2D eigenvalue weighted by molar-refractivity contribution is 0.281. The fraction of sp³-hybridized carbons (Fsp3) is 0.333. The van der Waals surface area contributed by atoms with E-state index in [0.717, 1.165) is 16.7 Å². The maximum atomic E-state index is 12.5. The first-order chi connectivity index (χ1) is 9.85. The van der Waals surface area contributed by atoms with Crippen molar-refractivity contribution in [3.8, 4) is 0 Å². The summed E-state index contributed by atoms with van der Waals surface area (Å²) in [6.45, 7) is 5.69. The summed E-state index contributed by atoms with van der Waals surface area (Å²) in [5.41, 5.74) is 4.23. The minimum atomic E-state index is -3.60. The zero-order valence-electron chi connectivity index (χ0n) is 12.3. The molecule has 0 aliphatic carbocycles. The number of sulfonamides is 1. The van der Waals surface area contributed by atoms with E-state index >= 15 is 0 Å². The lowest BCUT2D eigenvalue weighted by Gasteiger charge is -2.13. The van der Waals surface area contributed by atoms with Crippen molar-refractivity contribution in [1.82, 2.24) is 4.72 Å². The molecule has 1 aromatic carbocycles. The van der Waals surface area contributed by atoms with Crippen molar-refractivity contribution in [1.29, 1.82) is 0 Å². The van der Waals surface area contributed by atoms with Gasteiger partial charge in [-0.2, -0.15) is 11.3 Å². The van der Waals surface area contributed by atoms with Crippen LogP contribution in [0.1, 0.15) is 27.8 Å². The van der Waals surface area contributed by atoms with E-state index in [0.29, 0.717) is 11.1 Å². The number of aryl methyl sites for hydroxylation is 2. The molecule has 2 rings (SSSR count). The summed E-state index contributed by atoms with van der Waals surface area (Å²) in [5.74, 6) is 0. The molecule has 0 atom stereocenters. The Kier molecular flexibility index (Phi) is 4.83. The Labute approximate surface area is 129 Å². The van der Waals surface area contributed by atoms with Gasteiger partial charge in [0, 0.05) is 6.54 Å². The van der Waals surface area contributed by atoms with E-state index in [1.165, 1.54) is 6.07 Å². The minimum Gasteiger partial charge on any atom is -0.392 e. The van der Waals surface area contributed by atoms with Gasteiger partial charge in [0.2, 0.25) is 10.0 Å². The summed E-state index contributed by atoms with van der Waals surface area (Å²) >= 11 is 1.56. The van der Waals surface area contributed by atoms with Crippen molar-refractivity contribution >= 4 is 21.4 Å². The highest BCUT2D eigenvalue weighted by atomic mass is 32.2. The van der Waals surface area contributed by atoms with Crippen LogP contribution in [0.3, 0.4) is 0 Å². The van der Waals surface area contributed by atoms with E-state index in [1.807, 2.05) is 24.6 Å². The van der Waals surface area contributed by atoms with Crippen LogP contribution in [0.4, 0.5) is 0 Å². The maximum absolute atomic E-state index is 12.5. The van der Waals surface area contributed by atoms with E-state index in [2.05, 4.69) is 4.72 Å². The third-order valence-electron chi connectivity index (χ3n) is 3.57. The molecule has 0 spiro atoms. The number of aliphatic hydroxyl groups is 1. The third-order valence-corrected chi connectivity index (χ3v) is 6.00. The molecular weight excluding hydrogens is 306 g/mol. The molecule has 0 radical (unpaired) electrons. The summed E-state index contributed by atoms with van der Waals surface area (Å²) in [6.07, 6.45) is 0. The highest BCUT2D eigenvalue weighted by Crippen LogP contribution is 2.22. The molecule has 2 aromatic rings. The Hall–Kier alpha value is -1.21. The average Bonchev–Trinajstić information content (AvgIpc) is 2.84. The van der Waals surface area contributed by atoms with Gasteiger partial charge < -0.3 is 5.11 Å². The normalized spacial score (nSPS) is 11.8. The number of hydrogen-bond acceptors (Lipinski definition) is 4. The quantitative estimate of drug-likeness (QED) is 0.888. The Bertz CT molecular complexity index is 748. The smallest absolute Gasteiger partial charge is 0.241 e. The lowest BCUT2D eigenvalue weighted by atomic mass is 10.1. The van der Waals surface area contributed by atoms with E-state index in [9.17, 15) is 13.5 Å². The van der Waals surface area contributed by atoms with Crippen LogP contribution in [0.5, 0.6) is 0 Å². The second-order valence-electron chi connectivity index (χ2n) is 5.10. The van der Waals surface area contributed by atoms with Gasteiger partial charge in [0.15, 0.2) is 0 Å². The van der Waals surface area contributed by atoms with Gasteiger partial charge in [-0.25, -0.2) is 13.1 Å². The monoisotopic (exact) mass is 325 g/mol. The molecule has 0 saturated heterocycles. The topological polar surface area (TPSA) is 66.4 Å². The Balaban J connectivity index is 2.31. The average molecular weight is 325 g/mol. The largest absolute Gasteiger partial charge is 0.392 e. The van der Waals surface area contributed by atoms with Crippen LogP contribution >= 0.6 is 11.3 Å². The van der Waals surface area contributed by atoms with Gasteiger partial charge in [-0.3, -0.25) is 0 Å². The van der Waals surface area contributed by atoms with Gasteiger partial charge in [-0.15, -0.1) is 0 Å². The molecule has 0 aliphatic rings. The summed E-state index contributed by atoms with van der Waals surface area (Å²) in [6, 6.07) is 3.34. The molecule has 1 heterocycles. The molecule has 0 unspecified atom stereocenters. The molecule has 114 valence electrons. The number of benzene rings is 1. The van der Waals surface area contributed by atoms with Crippen molar-refractivity contribution < 1.29 is 13.5 Å². The molecule has 0 amide bonds. The third kappa shape index (κ3) is 3.52. The second-order valence-corrected chi connectivity index (χ2v) is 7.58. The molecule has 1 aromatic heterocycles. The van der Waals surface area contributed by atoms with Crippen LogP contribution in [0.2, 0.25) is 0 Å². The SMILES string of the molecule is Cc1cscc1CNS(=O)(=O)c1cc(CO)cc(C)c1C. The summed E-state index contributed by atoms with van der Waals surface area (Å²) in [7, 11) is -3.60.